The van der Waals surface area contributed by atoms with Crippen LogP contribution in [0.4, 0.5) is 9.18 Å². The second-order valence-electron chi connectivity index (χ2n) is 10.2. The van der Waals surface area contributed by atoms with Crippen LogP contribution in [-0.2, 0) is 38.5 Å². The molecule has 10 heteroatoms. The summed E-state index contributed by atoms with van der Waals surface area (Å²) in [5.41, 5.74) is 2.97. The molecule has 4 amide bonds. The number of ether oxygens (including phenoxy) is 1. The Labute approximate surface area is 202 Å². The van der Waals surface area contributed by atoms with Gasteiger partial charge in [-0.25, -0.2) is 9.18 Å². The first-order valence-electron chi connectivity index (χ1n) is 11.8. The fourth-order valence-corrected chi connectivity index (χ4v) is 5.41. The van der Waals surface area contributed by atoms with Crippen LogP contribution in [0.3, 0.4) is 0 Å². The third-order valence-electron chi connectivity index (χ3n) is 6.72. The van der Waals surface area contributed by atoms with E-state index < -0.39 is 58.5 Å². The Hall–Kier alpha value is -2.01. The number of carbonyl (C=O) groups excluding carboxylic acids is 3. The van der Waals surface area contributed by atoms with E-state index >= 15 is 4.39 Å². The van der Waals surface area contributed by atoms with Gasteiger partial charge in [-0.2, -0.15) is 0 Å². The lowest BCUT2D eigenvalue weighted by molar-refractivity contribution is -0.146. The molecule has 8 nitrogen and oxygen atoms in total. The highest BCUT2D eigenvalue weighted by molar-refractivity contribution is 7.90. The molecule has 1 aromatic rings. The number of alkyl halides is 1. The molecule has 186 valence electrons. The molecule has 0 bridgehead atoms. The number of nitrogens with one attached hydrogen (secondary N) is 2. The minimum atomic E-state index is -1.69. The number of nitrogens with zero attached hydrogens (tertiary/aromatic N) is 1. The molecule has 2 unspecified atom stereocenters. The summed E-state index contributed by atoms with van der Waals surface area (Å²) >= 11 is -1.58. The summed E-state index contributed by atoms with van der Waals surface area (Å²) < 4.78 is 36.3. The van der Waals surface area contributed by atoms with Crippen LogP contribution in [0.5, 0.6) is 0 Å². The Bertz CT molecular complexity index is 962. The van der Waals surface area contributed by atoms with E-state index in [1.165, 1.54) is 5.56 Å². The molecule has 2 fully saturated rings. The van der Waals surface area contributed by atoms with Crippen LogP contribution < -0.4 is 10.0 Å². The molecule has 4 rings (SSSR count). The third kappa shape index (κ3) is 5.15. The standard InChI is InChI=1S/C24H32FN3O5S/c1-24(2,3)34(32)27-20(16-7-5-14-4-6-15(14)12-16)19(25)13-18-21(29)26-23(31)28(22(18)30)17-8-10-33-11-9-17/h5,7,12,17-20,27H,4,6,8-11,13H2,1-3H3,(H,26,29,31)/t18?,19-,20-,34?/m0/s1. The van der Waals surface area contributed by atoms with Gasteiger partial charge in [0.25, 0.3) is 0 Å². The van der Waals surface area contributed by atoms with Crippen molar-refractivity contribution in [2.75, 3.05) is 13.2 Å². The summed E-state index contributed by atoms with van der Waals surface area (Å²) in [6.07, 6.45) is 0.725. The van der Waals surface area contributed by atoms with E-state index in [1.54, 1.807) is 20.8 Å². The average molecular weight is 494 g/mol. The fraction of sp³-hybridized carbons (Fsp3) is 0.625. The van der Waals surface area contributed by atoms with Gasteiger partial charge >= 0.3 is 6.03 Å². The minimum absolute atomic E-state index is 0.384. The number of barbiturate groups is 1. The second kappa shape index (κ2) is 9.93. The molecule has 3 aliphatic rings. The molecule has 2 aliphatic heterocycles. The van der Waals surface area contributed by atoms with Crippen molar-refractivity contribution < 1.29 is 28.1 Å². The zero-order chi connectivity index (χ0) is 24.6. The van der Waals surface area contributed by atoms with Gasteiger partial charge in [0.2, 0.25) is 11.8 Å². The molecule has 2 N–H and O–H groups in total. The van der Waals surface area contributed by atoms with E-state index in [-0.39, 0.29) is 6.04 Å². The third-order valence-corrected chi connectivity index (χ3v) is 8.30. The Balaban J connectivity index is 1.56. The van der Waals surface area contributed by atoms with Crippen molar-refractivity contribution in [1.82, 2.24) is 14.9 Å². The fourth-order valence-electron chi connectivity index (χ4n) is 4.54. The number of rotatable bonds is 7. The van der Waals surface area contributed by atoms with Crippen molar-refractivity contribution in [3.8, 4) is 0 Å². The van der Waals surface area contributed by atoms with Crippen LogP contribution >= 0.6 is 0 Å². The van der Waals surface area contributed by atoms with Crippen LogP contribution in [0.15, 0.2) is 18.2 Å². The van der Waals surface area contributed by atoms with Crippen molar-refractivity contribution in [1.29, 1.82) is 0 Å². The van der Waals surface area contributed by atoms with Crippen molar-refractivity contribution in [3.63, 3.8) is 0 Å². The second-order valence-corrected chi connectivity index (χ2v) is 12.2. The van der Waals surface area contributed by atoms with E-state index in [1.807, 2.05) is 18.2 Å². The molecule has 4 atom stereocenters. The molecule has 1 aromatic carbocycles. The van der Waals surface area contributed by atoms with Crippen molar-refractivity contribution >= 4 is 29.2 Å². The van der Waals surface area contributed by atoms with Gasteiger partial charge in [-0.1, -0.05) is 18.2 Å². The number of hydrogen-bond donors (Lipinski definition) is 2. The predicted molar refractivity (Wildman–Crippen MR) is 125 cm³/mol. The first-order chi connectivity index (χ1) is 16.1. The highest BCUT2D eigenvalue weighted by Crippen LogP contribution is 2.33. The van der Waals surface area contributed by atoms with E-state index in [9.17, 15) is 18.9 Å². The van der Waals surface area contributed by atoms with E-state index in [2.05, 4.69) is 10.0 Å². The predicted octanol–water partition coefficient (Wildman–Crippen LogP) is 2.48. The van der Waals surface area contributed by atoms with E-state index in [0.29, 0.717) is 31.6 Å². The quantitative estimate of drug-likeness (QED) is 0.446. The zero-order valence-corrected chi connectivity index (χ0v) is 20.6. The van der Waals surface area contributed by atoms with Gasteiger partial charge in [-0.3, -0.25) is 19.8 Å². The number of benzene rings is 1. The number of aryl methyl sites for hydroxylation is 2. The average Bonchev–Trinajstić information content (AvgIpc) is 2.75. The molecule has 34 heavy (non-hydrogen) atoms. The number of hydrogen-bond acceptors (Lipinski definition) is 6. The molecule has 0 saturated carbocycles. The van der Waals surface area contributed by atoms with Crippen LogP contribution in [-0.4, -0.2) is 57.5 Å². The normalized spacial score (nSPS) is 24.2. The number of halogens is 1. The summed E-state index contributed by atoms with van der Waals surface area (Å²) in [6, 6.07) is 3.54. The topological polar surface area (TPSA) is 111 Å². The smallest absolute Gasteiger partial charge is 0.331 e. The van der Waals surface area contributed by atoms with Gasteiger partial charge in [0.05, 0.1) is 0 Å². The Morgan fingerprint density at radius 1 is 1.21 bits per heavy atom. The van der Waals surface area contributed by atoms with Crippen molar-refractivity contribution in [3.05, 3.63) is 34.9 Å². The molecule has 0 spiro atoms. The Morgan fingerprint density at radius 2 is 1.88 bits per heavy atom. The van der Waals surface area contributed by atoms with Gasteiger partial charge in [0.1, 0.15) is 22.9 Å². The van der Waals surface area contributed by atoms with Crippen molar-refractivity contribution in [2.45, 2.75) is 75.9 Å². The summed E-state index contributed by atoms with van der Waals surface area (Å²) in [5.74, 6) is -2.82. The van der Waals surface area contributed by atoms with Crippen LogP contribution in [0.25, 0.3) is 0 Å². The van der Waals surface area contributed by atoms with Crippen LogP contribution in [0, 0.1) is 5.92 Å². The molecule has 0 radical (unpaired) electrons. The Kier molecular flexibility index (Phi) is 7.33. The van der Waals surface area contributed by atoms with E-state index in [0.717, 1.165) is 23.3 Å². The molecule has 2 heterocycles. The first kappa shape index (κ1) is 25.1. The summed E-state index contributed by atoms with van der Waals surface area (Å²) in [4.78, 5) is 39.2. The van der Waals surface area contributed by atoms with Crippen LogP contribution in [0.1, 0.15) is 62.8 Å². The largest absolute Gasteiger partial charge is 0.598 e. The lowest BCUT2D eigenvalue weighted by Gasteiger charge is -2.38. The van der Waals surface area contributed by atoms with Gasteiger partial charge in [0.15, 0.2) is 0 Å². The maximum Gasteiger partial charge on any atom is 0.331 e. The molecular weight excluding hydrogens is 461 g/mol. The lowest BCUT2D eigenvalue weighted by atomic mass is 9.84. The minimum Gasteiger partial charge on any atom is -0.598 e. The number of urea groups is 1. The maximum atomic E-state index is 15.9. The van der Waals surface area contributed by atoms with Crippen LogP contribution in [0.2, 0.25) is 0 Å². The van der Waals surface area contributed by atoms with Crippen molar-refractivity contribution in [2.24, 2.45) is 5.92 Å². The molecular formula is C24H32FN3O5S. The van der Waals surface area contributed by atoms with Gasteiger partial charge in [-0.15, -0.1) is 4.72 Å². The summed E-state index contributed by atoms with van der Waals surface area (Å²) in [5, 5.41) is 2.22. The highest BCUT2D eigenvalue weighted by atomic mass is 32.2. The number of amides is 4. The number of fused-ring (bicyclic) bond motifs is 1. The molecule has 1 aliphatic carbocycles. The van der Waals surface area contributed by atoms with Gasteiger partial charge < -0.3 is 9.29 Å². The SMILES string of the molecule is CC(C)(C)[S+]([O-])N[C@@H](c1ccc2c(c1)CC2)[C@@H](F)CC1C(=O)NC(=O)N(C2CCOCC2)C1=O. The maximum absolute atomic E-state index is 15.9. The van der Waals surface area contributed by atoms with Gasteiger partial charge in [-0.05, 0) is 63.1 Å². The zero-order valence-electron chi connectivity index (χ0n) is 19.8. The monoisotopic (exact) mass is 493 g/mol. The summed E-state index contributed by atoms with van der Waals surface area (Å²) in [7, 11) is 0. The first-order valence-corrected chi connectivity index (χ1v) is 12.9. The lowest BCUT2D eigenvalue weighted by Crippen LogP contribution is -2.62. The highest BCUT2D eigenvalue weighted by Gasteiger charge is 2.46. The number of imide groups is 2. The van der Waals surface area contributed by atoms with E-state index in [4.69, 9.17) is 4.74 Å². The molecule has 2 saturated heterocycles. The summed E-state index contributed by atoms with van der Waals surface area (Å²) in [6.45, 7) is 6.18. The Morgan fingerprint density at radius 3 is 2.47 bits per heavy atom. The number of carbonyl (C=O) groups is 3. The molecule has 0 aromatic heterocycles. The van der Waals surface area contributed by atoms with Gasteiger partial charge in [0, 0.05) is 37.0 Å².